The van der Waals surface area contributed by atoms with Crippen LogP contribution in [0.25, 0.3) is 0 Å². The normalized spacial score (nSPS) is 12.9. The van der Waals surface area contributed by atoms with E-state index in [2.05, 4.69) is 0 Å². The summed E-state index contributed by atoms with van der Waals surface area (Å²) < 4.78 is 0. The van der Waals surface area contributed by atoms with Gasteiger partial charge in [0.25, 0.3) is 0 Å². The zero-order valence-corrected chi connectivity index (χ0v) is 8.66. The number of aliphatic carboxylic acids is 2. The average Bonchev–Trinajstić information content (AvgIpc) is 2.15. The van der Waals surface area contributed by atoms with Gasteiger partial charge in [0.15, 0.2) is 12.2 Å². The summed E-state index contributed by atoms with van der Waals surface area (Å²) in [4.78, 5) is 29.4. The number of hydrogen-bond acceptors (Lipinski definition) is 5. The zero-order valence-electron chi connectivity index (χ0n) is 8.66. The molecule has 8 heteroatoms. The molecule has 0 saturated heterocycles. The smallest absolute Gasteiger partial charge is 0.335 e. The molecule has 6 N–H and O–H groups in total. The summed E-state index contributed by atoms with van der Waals surface area (Å²) in [6, 6.07) is 0. The lowest BCUT2D eigenvalue weighted by Gasteiger charge is -2.07. The lowest BCUT2D eigenvalue weighted by molar-refractivity contribution is -0.165. The molecule has 0 rings (SSSR count). The van der Waals surface area contributed by atoms with Crippen LogP contribution in [0.3, 0.4) is 0 Å². The van der Waals surface area contributed by atoms with E-state index in [1.54, 1.807) is 0 Å². The van der Waals surface area contributed by atoms with Crippen molar-refractivity contribution in [2.45, 2.75) is 32.0 Å². The fourth-order valence-corrected chi connectivity index (χ4v) is 0.517. The molecule has 0 unspecified atom stereocenters. The Morgan fingerprint density at radius 1 is 1.06 bits per heavy atom. The molecule has 0 spiro atoms. The van der Waals surface area contributed by atoms with Crippen molar-refractivity contribution in [2.75, 3.05) is 0 Å². The van der Waals surface area contributed by atoms with Crippen LogP contribution in [0.4, 0.5) is 0 Å². The van der Waals surface area contributed by atoms with E-state index < -0.39 is 24.1 Å². The number of hydrogen-bond donors (Lipinski definition) is 5. The predicted molar refractivity (Wildman–Crippen MR) is 51.4 cm³/mol. The largest absolute Gasteiger partial charge is 0.479 e. The van der Waals surface area contributed by atoms with Crippen molar-refractivity contribution >= 4 is 17.8 Å². The molecule has 94 valence electrons. The van der Waals surface area contributed by atoms with Crippen LogP contribution in [0.1, 0.15) is 19.8 Å². The van der Waals surface area contributed by atoms with Gasteiger partial charge in [0.1, 0.15) is 0 Å². The Bertz CT molecular complexity index is 235. The van der Waals surface area contributed by atoms with Crippen LogP contribution in [-0.4, -0.2) is 50.5 Å². The van der Waals surface area contributed by atoms with Gasteiger partial charge in [0, 0.05) is 6.42 Å². The summed E-state index contributed by atoms with van der Waals surface area (Å²) in [5.74, 6) is -3.75. The van der Waals surface area contributed by atoms with Crippen molar-refractivity contribution < 1.29 is 34.8 Å². The zero-order chi connectivity index (χ0) is 13.3. The summed E-state index contributed by atoms with van der Waals surface area (Å²) in [5.41, 5.74) is 4.76. The number of carboxylic acid groups (broad SMARTS) is 2. The van der Waals surface area contributed by atoms with Gasteiger partial charge in [-0.2, -0.15) is 0 Å². The second-order valence-electron chi connectivity index (χ2n) is 2.78. The van der Waals surface area contributed by atoms with Crippen LogP contribution in [0.5, 0.6) is 0 Å². The van der Waals surface area contributed by atoms with Gasteiger partial charge in [-0.15, -0.1) is 0 Å². The van der Waals surface area contributed by atoms with Gasteiger partial charge < -0.3 is 26.2 Å². The molecule has 2 atom stereocenters. The maximum absolute atomic E-state index is 9.82. The fourth-order valence-electron chi connectivity index (χ4n) is 0.517. The summed E-state index contributed by atoms with van der Waals surface area (Å²) in [6.45, 7) is 1.92. The Kier molecular flexibility index (Phi) is 9.03. The number of carboxylic acids is 2. The number of amides is 1. The SMILES string of the molecule is CCCC(N)=O.O=C(O)[C@H](O)[C@@H](O)C(=O)O. The van der Waals surface area contributed by atoms with Crippen LogP contribution < -0.4 is 5.73 Å². The van der Waals surface area contributed by atoms with Gasteiger partial charge in [-0.05, 0) is 6.42 Å². The molecular formula is C8H15NO7. The molecule has 0 aromatic carbocycles. The molecule has 1 amide bonds. The highest BCUT2D eigenvalue weighted by Gasteiger charge is 2.29. The van der Waals surface area contributed by atoms with Gasteiger partial charge in [-0.3, -0.25) is 4.79 Å². The third-order valence-corrected chi connectivity index (χ3v) is 1.30. The first-order chi connectivity index (χ1) is 7.23. The monoisotopic (exact) mass is 237 g/mol. The van der Waals surface area contributed by atoms with Gasteiger partial charge in [0.05, 0.1) is 0 Å². The van der Waals surface area contributed by atoms with Crippen LogP contribution >= 0.6 is 0 Å². The van der Waals surface area contributed by atoms with Crippen molar-refractivity contribution in [3.63, 3.8) is 0 Å². The summed E-state index contributed by atoms with van der Waals surface area (Å²) in [7, 11) is 0. The molecule has 8 nitrogen and oxygen atoms in total. The van der Waals surface area contributed by atoms with Gasteiger partial charge in [0.2, 0.25) is 5.91 Å². The van der Waals surface area contributed by atoms with Crippen molar-refractivity contribution in [1.82, 2.24) is 0 Å². The molecular weight excluding hydrogens is 222 g/mol. The van der Waals surface area contributed by atoms with Crippen molar-refractivity contribution in [2.24, 2.45) is 5.73 Å². The molecule has 0 aliphatic carbocycles. The van der Waals surface area contributed by atoms with E-state index in [1.165, 1.54) is 0 Å². The fraction of sp³-hybridized carbons (Fsp3) is 0.625. The summed E-state index contributed by atoms with van der Waals surface area (Å²) >= 11 is 0. The van der Waals surface area contributed by atoms with Gasteiger partial charge >= 0.3 is 11.9 Å². The molecule has 0 aliphatic heterocycles. The predicted octanol–water partition coefficient (Wildman–Crippen LogP) is -1.85. The molecule has 0 aliphatic rings. The number of carbonyl (C=O) groups excluding carboxylic acids is 1. The molecule has 0 fully saturated rings. The second-order valence-corrected chi connectivity index (χ2v) is 2.78. The van der Waals surface area contributed by atoms with Crippen molar-refractivity contribution in [3.8, 4) is 0 Å². The van der Waals surface area contributed by atoms with E-state index in [0.717, 1.165) is 6.42 Å². The first kappa shape index (κ1) is 16.7. The van der Waals surface area contributed by atoms with Crippen LogP contribution in [0.2, 0.25) is 0 Å². The van der Waals surface area contributed by atoms with E-state index in [-0.39, 0.29) is 5.91 Å². The minimum Gasteiger partial charge on any atom is -0.479 e. The average molecular weight is 237 g/mol. The Morgan fingerprint density at radius 3 is 1.44 bits per heavy atom. The van der Waals surface area contributed by atoms with E-state index >= 15 is 0 Å². The van der Waals surface area contributed by atoms with Crippen molar-refractivity contribution in [1.29, 1.82) is 0 Å². The highest BCUT2D eigenvalue weighted by atomic mass is 16.4. The van der Waals surface area contributed by atoms with E-state index in [9.17, 15) is 14.4 Å². The Morgan fingerprint density at radius 2 is 1.38 bits per heavy atom. The number of aliphatic hydroxyl groups is 2. The molecule has 16 heavy (non-hydrogen) atoms. The summed E-state index contributed by atoms with van der Waals surface area (Å²) in [5, 5.41) is 32.5. The highest BCUT2D eigenvalue weighted by Crippen LogP contribution is 1.92. The molecule has 0 aromatic rings. The van der Waals surface area contributed by atoms with Crippen LogP contribution in [-0.2, 0) is 14.4 Å². The first-order valence-electron chi connectivity index (χ1n) is 4.34. The standard InChI is InChI=1S/C4H9NO.C4H6O6/c1-2-3-4(5)6;5-1(3(7)8)2(6)4(9)10/h2-3H2,1H3,(H2,5,6);1-2,5-6H,(H,7,8)(H,9,10)/t;1-,2-/m.1/s1. The third-order valence-electron chi connectivity index (χ3n) is 1.30. The van der Waals surface area contributed by atoms with Crippen molar-refractivity contribution in [3.05, 3.63) is 0 Å². The molecule has 0 heterocycles. The minimum absolute atomic E-state index is 0.211. The lowest BCUT2D eigenvalue weighted by Crippen LogP contribution is -2.39. The number of nitrogens with two attached hydrogens (primary N) is 1. The number of primary amides is 1. The molecule has 0 bridgehead atoms. The second kappa shape index (κ2) is 8.62. The first-order valence-corrected chi connectivity index (χ1v) is 4.34. The van der Waals surface area contributed by atoms with Gasteiger partial charge in [-0.1, -0.05) is 6.92 Å². The van der Waals surface area contributed by atoms with Crippen LogP contribution in [0, 0.1) is 0 Å². The minimum atomic E-state index is -2.27. The van der Waals surface area contributed by atoms with E-state index in [0.29, 0.717) is 6.42 Å². The number of aliphatic hydroxyl groups excluding tert-OH is 2. The molecule has 0 radical (unpaired) electrons. The highest BCUT2D eigenvalue weighted by molar-refractivity contribution is 5.83. The van der Waals surface area contributed by atoms with E-state index in [1.807, 2.05) is 6.92 Å². The lowest BCUT2D eigenvalue weighted by atomic mass is 10.2. The maximum Gasteiger partial charge on any atom is 0.335 e. The Hall–Kier alpha value is -1.67. The quantitative estimate of drug-likeness (QED) is 0.375. The molecule has 0 saturated carbocycles. The molecule has 0 aromatic heterocycles. The topological polar surface area (TPSA) is 158 Å². The third kappa shape index (κ3) is 8.91. The van der Waals surface area contributed by atoms with Gasteiger partial charge in [-0.25, -0.2) is 9.59 Å². The summed E-state index contributed by atoms with van der Waals surface area (Å²) in [6.07, 6.45) is -3.16. The Labute approximate surface area is 91.3 Å². The Balaban J connectivity index is 0. The number of rotatable bonds is 5. The number of carbonyl (C=O) groups is 3. The van der Waals surface area contributed by atoms with Crippen LogP contribution in [0.15, 0.2) is 0 Å². The van der Waals surface area contributed by atoms with E-state index in [4.69, 9.17) is 26.2 Å². The maximum atomic E-state index is 9.82.